The zero-order valence-electron chi connectivity index (χ0n) is 12.1. The maximum Gasteiger partial charge on any atom is 0.330 e. The van der Waals surface area contributed by atoms with Crippen molar-refractivity contribution >= 4 is 23.5 Å². The van der Waals surface area contributed by atoms with Crippen LogP contribution in [0.2, 0.25) is 0 Å². The van der Waals surface area contributed by atoms with Crippen molar-refractivity contribution in [3.05, 3.63) is 42.2 Å². The highest BCUT2D eigenvalue weighted by Gasteiger charge is 2.08. The molecule has 0 aromatic heterocycles. The molecule has 6 nitrogen and oxygen atoms in total. The molecule has 0 spiro atoms. The van der Waals surface area contributed by atoms with E-state index in [1.54, 1.807) is 6.08 Å². The Balaban J connectivity index is 2.25. The van der Waals surface area contributed by atoms with Crippen molar-refractivity contribution in [1.29, 1.82) is 0 Å². The maximum atomic E-state index is 12.7. The quantitative estimate of drug-likeness (QED) is 0.589. The number of halogens is 1. The van der Waals surface area contributed by atoms with Crippen LogP contribution in [0.25, 0.3) is 0 Å². The normalized spacial score (nSPS) is 10.3. The predicted molar refractivity (Wildman–Crippen MR) is 78.4 cm³/mol. The fraction of sp³-hybridized carbons (Fsp3) is 0.267. The second-order valence-corrected chi connectivity index (χ2v) is 4.25. The third kappa shape index (κ3) is 7.18. The van der Waals surface area contributed by atoms with Gasteiger partial charge in [-0.25, -0.2) is 9.18 Å². The zero-order valence-corrected chi connectivity index (χ0v) is 12.1. The lowest BCUT2D eigenvalue weighted by molar-refractivity contribution is -0.143. The Morgan fingerprint density at radius 2 is 1.86 bits per heavy atom. The predicted octanol–water partition coefficient (Wildman–Crippen LogP) is 1.39. The van der Waals surface area contributed by atoms with E-state index in [2.05, 4.69) is 15.4 Å². The van der Waals surface area contributed by atoms with E-state index >= 15 is 0 Å². The van der Waals surface area contributed by atoms with Crippen molar-refractivity contribution in [1.82, 2.24) is 5.32 Å². The molecule has 0 saturated carbocycles. The van der Waals surface area contributed by atoms with Gasteiger partial charge in [0.25, 0.3) is 5.91 Å². The van der Waals surface area contributed by atoms with E-state index in [-0.39, 0.29) is 6.54 Å². The molecular formula is C15H17FN2O4. The van der Waals surface area contributed by atoms with E-state index in [1.165, 1.54) is 30.3 Å². The zero-order chi connectivity index (χ0) is 16.4. The lowest BCUT2D eigenvalue weighted by atomic mass is 10.3. The van der Waals surface area contributed by atoms with Crippen LogP contribution in [0.3, 0.4) is 0 Å². The molecule has 0 saturated heterocycles. The van der Waals surface area contributed by atoms with Gasteiger partial charge in [0, 0.05) is 11.8 Å². The van der Waals surface area contributed by atoms with E-state index in [0.717, 1.165) is 0 Å². The summed E-state index contributed by atoms with van der Waals surface area (Å²) in [6.07, 6.45) is 3.52. The summed E-state index contributed by atoms with van der Waals surface area (Å²) in [6, 6.07) is 5.21. The van der Waals surface area contributed by atoms with Crippen LogP contribution in [0.1, 0.15) is 13.3 Å². The van der Waals surface area contributed by atoms with Gasteiger partial charge in [0.1, 0.15) is 5.82 Å². The smallest absolute Gasteiger partial charge is 0.330 e. The third-order valence-electron chi connectivity index (χ3n) is 2.41. The molecule has 0 atom stereocenters. The number of amides is 2. The van der Waals surface area contributed by atoms with Gasteiger partial charge in [-0.3, -0.25) is 9.59 Å². The second-order valence-electron chi connectivity index (χ2n) is 4.25. The van der Waals surface area contributed by atoms with Crippen molar-refractivity contribution < 1.29 is 23.5 Å². The number of rotatable bonds is 7. The maximum absolute atomic E-state index is 12.7. The Hall–Kier alpha value is -2.70. The van der Waals surface area contributed by atoms with E-state index in [0.29, 0.717) is 12.1 Å². The van der Waals surface area contributed by atoms with Crippen molar-refractivity contribution in [2.45, 2.75) is 13.3 Å². The lowest BCUT2D eigenvalue weighted by Gasteiger charge is -2.07. The molecule has 1 aromatic rings. The van der Waals surface area contributed by atoms with Gasteiger partial charge in [-0.05, 0) is 30.7 Å². The minimum atomic E-state index is -0.618. The minimum absolute atomic E-state index is 0.279. The molecule has 118 valence electrons. The first-order valence-electron chi connectivity index (χ1n) is 6.66. The average Bonchev–Trinajstić information content (AvgIpc) is 2.51. The van der Waals surface area contributed by atoms with Crippen LogP contribution < -0.4 is 10.6 Å². The van der Waals surface area contributed by atoms with Crippen LogP contribution in [-0.4, -0.2) is 30.9 Å². The van der Waals surface area contributed by atoms with Crippen LogP contribution in [0, 0.1) is 5.82 Å². The highest BCUT2D eigenvalue weighted by Crippen LogP contribution is 2.07. The molecule has 0 aliphatic rings. The van der Waals surface area contributed by atoms with Crippen LogP contribution in [0.4, 0.5) is 10.1 Å². The summed E-state index contributed by atoms with van der Waals surface area (Å²) < 4.78 is 17.3. The average molecular weight is 308 g/mol. The molecule has 0 bridgehead atoms. The third-order valence-corrected chi connectivity index (χ3v) is 2.41. The molecule has 0 heterocycles. The van der Waals surface area contributed by atoms with Crippen LogP contribution >= 0.6 is 0 Å². The molecule has 0 radical (unpaired) electrons. The number of nitrogens with one attached hydrogen (secondary N) is 2. The van der Waals surface area contributed by atoms with Crippen molar-refractivity contribution in [3.8, 4) is 0 Å². The van der Waals surface area contributed by atoms with E-state index in [4.69, 9.17) is 0 Å². The first-order chi connectivity index (χ1) is 10.5. The molecule has 1 aromatic carbocycles. The van der Waals surface area contributed by atoms with Crippen LogP contribution in [0.5, 0.6) is 0 Å². The Morgan fingerprint density at radius 1 is 1.18 bits per heavy atom. The van der Waals surface area contributed by atoms with Gasteiger partial charge in [-0.1, -0.05) is 13.0 Å². The van der Waals surface area contributed by atoms with Gasteiger partial charge in [-0.15, -0.1) is 0 Å². The highest BCUT2D eigenvalue weighted by molar-refractivity contribution is 5.95. The largest absolute Gasteiger partial charge is 0.452 e. The van der Waals surface area contributed by atoms with Crippen molar-refractivity contribution in [3.63, 3.8) is 0 Å². The number of ether oxygens (including phenoxy) is 1. The number of hydrogen-bond donors (Lipinski definition) is 2. The minimum Gasteiger partial charge on any atom is -0.452 e. The summed E-state index contributed by atoms with van der Waals surface area (Å²) in [5.41, 5.74) is 0.414. The molecule has 22 heavy (non-hydrogen) atoms. The molecule has 0 unspecified atom stereocenters. The molecule has 2 amide bonds. The summed E-state index contributed by atoms with van der Waals surface area (Å²) in [6.45, 7) is 1.12. The Morgan fingerprint density at radius 3 is 2.50 bits per heavy atom. The van der Waals surface area contributed by atoms with Crippen LogP contribution in [0.15, 0.2) is 36.4 Å². The van der Waals surface area contributed by atoms with Gasteiger partial charge >= 0.3 is 5.97 Å². The Kier molecular flexibility index (Phi) is 7.32. The molecule has 2 N–H and O–H groups in total. The standard InChI is InChI=1S/C15H17FN2O4/c1-2-3-4-15(21)22-10-14(20)17-9-13(19)18-12-7-5-11(16)6-8-12/h3-8H,2,9-10H2,1H3,(H,17,20)(H,18,19)/b4-3+. The summed E-state index contributed by atoms with van der Waals surface area (Å²) in [4.78, 5) is 34.0. The number of allylic oxidation sites excluding steroid dienone is 1. The lowest BCUT2D eigenvalue weighted by Crippen LogP contribution is -2.35. The van der Waals surface area contributed by atoms with E-state index in [9.17, 15) is 18.8 Å². The van der Waals surface area contributed by atoms with Gasteiger partial charge in [0.05, 0.1) is 6.54 Å². The van der Waals surface area contributed by atoms with E-state index < -0.39 is 30.2 Å². The number of hydrogen-bond acceptors (Lipinski definition) is 4. The number of carbonyl (C=O) groups excluding carboxylic acids is 3. The number of esters is 1. The molecule has 1 rings (SSSR count). The molecule has 0 fully saturated rings. The molecular weight excluding hydrogens is 291 g/mol. The Bertz CT molecular complexity index is 555. The number of carbonyl (C=O) groups is 3. The Labute approximate surface area is 127 Å². The van der Waals surface area contributed by atoms with Gasteiger partial charge in [-0.2, -0.15) is 0 Å². The highest BCUT2D eigenvalue weighted by atomic mass is 19.1. The second kappa shape index (κ2) is 9.28. The first-order valence-corrected chi connectivity index (χ1v) is 6.66. The van der Waals surface area contributed by atoms with Crippen LogP contribution in [-0.2, 0) is 19.1 Å². The van der Waals surface area contributed by atoms with Gasteiger partial charge < -0.3 is 15.4 Å². The topological polar surface area (TPSA) is 84.5 Å². The SMILES string of the molecule is CC/C=C/C(=O)OCC(=O)NCC(=O)Nc1ccc(F)cc1. The summed E-state index contributed by atoms with van der Waals surface area (Å²) in [5.74, 6) is -2.09. The van der Waals surface area contributed by atoms with Gasteiger partial charge in [0.2, 0.25) is 5.91 Å². The number of anilines is 1. The van der Waals surface area contributed by atoms with E-state index in [1.807, 2.05) is 6.92 Å². The fourth-order valence-electron chi connectivity index (χ4n) is 1.37. The molecule has 0 aliphatic carbocycles. The fourth-order valence-corrected chi connectivity index (χ4v) is 1.37. The monoisotopic (exact) mass is 308 g/mol. The summed E-state index contributed by atoms with van der Waals surface area (Å²) in [7, 11) is 0. The summed E-state index contributed by atoms with van der Waals surface area (Å²) in [5, 5.41) is 4.78. The molecule has 0 aliphatic heterocycles. The molecule has 7 heteroatoms. The number of benzene rings is 1. The van der Waals surface area contributed by atoms with Crippen molar-refractivity contribution in [2.75, 3.05) is 18.5 Å². The van der Waals surface area contributed by atoms with Crippen molar-refractivity contribution in [2.24, 2.45) is 0 Å². The van der Waals surface area contributed by atoms with Gasteiger partial charge in [0.15, 0.2) is 6.61 Å². The first kappa shape index (κ1) is 17.4. The summed E-state index contributed by atoms with van der Waals surface area (Å²) >= 11 is 0.